The lowest BCUT2D eigenvalue weighted by atomic mass is 8.52. The Morgan fingerprint density at radius 1 is 0.393 bits per heavy atom. The molecule has 11 spiro atoms. The van der Waals surface area contributed by atoms with Crippen LogP contribution in [0.2, 0.25) is 0 Å². The monoisotopic (exact) mass is 356 g/mol. The highest BCUT2D eigenvalue weighted by Crippen LogP contribution is 3.52. The van der Waals surface area contributed by atoms with Crippen LogP contribution in [0, 0.1) is 142 Å². The van der Waals surface area contributed by atoms with E-state index >= 15 is 0 Å². The van der Waals surface area contributed by atoms with Crippen LogP contribution in [0.3, 0.4) is 0 Å². The topological polar surface area (TPSA) is 0 Å². The molecule has 28 heavy (non-hydrogen) atoms. The van der Waals surface area contributed by atoms with E-state index in [1.54, 1.807) is 12.8 Å². The SMILES string of the molecule is C1C2C3C4C5C6C7C8C49CC4C%10CC%11C%12C%13C%14C1C21C35C62C%141C%131C%123C%10%11C49C83C721. The Morgan fingerprint density at radius 3 is 2.07 bits per heavy atom. The zero-order valence-corrected chi connectivity index (χ0v) is 15.7. The predicted octanol–water partition coefficient (Wildman–Crippen LogP) is 2.89. The minimum atomic E-state index is 1.06. The summed E-state index contributed by atoms with van der Waals surface area (Å²) in [5, 5.41) is 0. The molecular weight excluding hydrogens is 336 g/mol. The van der Waals surface area contributed by atoms with Crippen molar-refractivity contribution >= 4 is 0 Å². The number of hydrogen-bond donors (Lipinski definition) is 0. The maximum atomic E-state index is 1.84. The van der Waals surface area contributed by atoms with Gasteiger partial charge in [-0.1, -0.05) is 0 Å². The predicted molar refractivity (Wildman–Crippen MR) is 89.5 cm³/mol. The van der Waals surface area contributed by atoms with E-state index in [9.17, 15) is 0 Å². The number of hydrogen-bond acceptors (Lipinski definition) is 0. The summed E-state index contributed by atoms with van der Waals surface area (Å²) in [5.41, 5.74) is 12.3. The van der Waals surface area contributed by atoms with Gasteiger partial charge in [0.1, 0.15) is 0 Å². The van der Waals surface area contributed by atoms with Crippen LogP contribution in [0.4, 0.5) is 0 Å². The van der Waals surface area contributed by atoms with Crippen molar-refractivity contribution in [2.45, 2.75) is 19.3 Å². The average Bonchev–Trinajstić information content (AvgIpc) is 2.56. The minimum absolute atomic E-state index is 1.06. The van der Waals surface area contributed by atoms with E-state index in [0.29, 0.717) is 0 Å². The summed E-state index contributed by atoms with van der Waals surface area (Å²) in [6.07, 6.45) is 5.42. The van der Waals surface area contributed by atoms with E-state index in [1.165, 1.54) is 82.9 Å². The van der Waals surface area contributed by atoms with Crippen LogP contribution in [-0.2, 0) is 0 Å². The first-order valence-electron chi connectivity index (χ1n) is 13.9. The molecule has 19 saturated carbocycles. The quantitative estimate of drug-likeness (QED) is 0.626. The number of fused-ring (bicyclic) bond motifs is 7. The second-order valence-electron chi connectivity index (χ2n) is 17.7. The molecule has 0 aromatic rings. The second-order valence-corrected chi connectivity index (χ2v) is 17.7. The van der Waals surface area contributed by atoms with Gasteiger partial charge in [0.15, 0.2) is 0 Å². The van der Waals surface area contributed by atoms with Gasteiger partial charge >= 0.3 is 0 Å². The zero-order valence-electron chi connectivity index (χ0n) is 15.7. The lowest BCUT2D eigenvalue weighted by Gasteiger charge is -3.51. The minimum Gasteiger partial charge on any atom is -0.0458 e. The fourth-order valence-electron chi connectivity index (χ4n) is 28.4. The van der Waals surface area contributed by atoms with Crippen molar-refractivity contribution in [1.82, 2.24) is 0 Å². The second kappa shape index (κ2) is 1.48. The third kappa shape index (κ3) is 0.218. The molecule has 19 rings (SSSR count). The van der Waals surface area contributed by atoms with Crippen molar-refractivity contribution in [2.75, 3.05) is 0 Å². The molecule has 0 radical (unpaired) electrons. The van der Waals surface area contributed by atoms with Gasteiger partial charge in [0.25, 0.3) is 0 Å². The lowest BCUT2D eigenvalue weighted by Crippen LogP contribution is -3.49. The number of rotatable bonds is 0. The van der Waals surface area contributed by atoms with Gasteiger partial charge in [0.2, 0.25) is 0 Å². The average molecular weight is 356 g/mol. The summed E-state index contributed by atoms with van der Waals surface area (Å²) < 4.78 is 0. The summed E-state index contributed by atoms with van der Waals surface area (Å²) >= 11 is 0. The molecule has 0 aromatic carbocycles. The summed E-state index contributed by atoms with van der Waals surface area (Å²) in [6, 6.07) is 0. The molecule has 0 bridgehead atoms. The van der Waals surface area contributed by atoms with Gasteiger partial charge in [-0.3, -0.25) is 0 Å². The summed E-state index contributed by atoms with van der Waals surface area (Å²) in [4.78, 5) is 0. The summed E-state index contributed by atoms with van der Waals surface area (Å²) in [6.45, 7) is 0. The van der Waals surface area contributed by atoms with Gasteiger partial charge < -0.3 is 0 Å². The molecule has 132 valence electrons. The van der Waals surface area contributed by atoms with Crippen molar-refractivity contribution in [3.8, 4) is 0 Å². The molecular formula is C28H20. The molecule has 0 aromatic heterocycles. The van der Waals surface area contributed by atoms with Gasteiger partial charge in [-0.05, 0) is 162 Å². The van der Waals surface area contributed by atoms with Gasteiger partial charge in [-0.15, -0.1) is 0 Å². The Kier molecular flexibility index (Phi) is 0.510. The van der Waals surface area contributed by atoms with Crippen molar-refractivity contribution in [2.24, 2.45) is 142 Å². The van der Waals surface area contributed by atoms with Crippen molar-refractivity contribution in [1.29, 1.82) is 0 Å². The largest absolute Gasteiger partial charge is 0.0458 e. The molecule has 0 heteroatoms. The molecule has 0 N–H and O–H groups in total. The first-order chi connectivity index (χ1) is 13.9. The van der Waals surface area contributed by atoms with Crippen LogP contribution in [0.15, 0.2) is 0 Å². The van der Waals surface area contributed by atoms with Crippen LogP contribution in [0.1, 0.15) is 19.3 Å². The maximum absolute atomic E-state index is 1.84. The summed E-state index contributed by atoms with van der Waals surface area (Å²) in [7, 11) is 0. The van der Waals surface area contributed by atoms with Crippen molar-refractivity contribution in [3.05, 3.63) is 0 Å². The molecule has 25 unspecified atom stereocenters. The van der Waals surface area contributed by atoms with Crippen LogP contribution in [0.5, 0.6) is 0 Å². The molecule has 0 heterocycles. The normalized spacial score (nSPS) is 132. The standard InChI is InChI=1S/C28H20/c1-4-8-3-18-12-9-5-2-6-10-14-11-7(1)20(4)22(8,18)28-17(18)16-15-13(12)21(9)19(5,6)23(10)25(15,21)27(16,28)26(14,23)24(11,20)28/h4-17H,1-3H2. The van der Waals surface area contributed by atoms with Gasteiger partial charge in [-0.2, -0.15) is 0 Å². The molecule has 0 aliphatic heterocycles. The molecule has 19 aliphatic carbocycles. The third-order valence-corrected chi connectivity index (χ3v) is 23.1. The Balaban J connectivity index is 1.20. The fourth-order valence-corrected chi connectivity index (χ4v) is 28.4. The van der Waals surface area contributed by atoms with Gasteiger partial charge in [0, 0.05) is 0 Å². The molecule has 0 saturated heterocycles. The third-order valence-electron chi connectivity index (χ3n) is 23.1. The zero-order chi connectivity index (χ0) is 15.7. The van der Waals surface area contributed by atoms with Crippen LogP contribution in [-0.4, -0.2) is 0 Å². The molecule has 0 nitrogen and oxygen atoms in total. The highest BCUT2D eigenvalue weighted by molar-refractivity contribution is 5.95. The van der Waals surface area contributed by atoms with Crippen LogP contribution < -0.4 is 0 Å². The van der Waals surface area contributed by atoms with Crippen LogP contribution >= 0.6 is 0 Å². The Morgan fingerprint density at radius 2 is 1.11 bits per heavy atom. The van der Waals surface area contributed by atoms with E-state index < -0.39 is 0 Å². The molecule has 19 fully saturated rings. The molecule has 0 amide bonds. The van der Waals surface area contributed by atoms with E-state index in [2.05, 4.69) is 0 Å². The lowest BCUT2D eigenvalue weighted by molar-refractivity contribution is -1.06. The van der Waals surface area contributed by atoms with E-state index in [4.69, 9.17) is 0 Å². The van der Waals surface area contributed by atoms with Crippen molar-refractivity contribution < 1.29 is 0 Å². The Labute approximate surface area is 161 Å². The first-order valence-corrected chi connectivity index (χ1v) is 13.9. The van der Waals surface area contributed by atoms with Crippen molar-refractivity contribution in [3.63, 3.8) is 0 Å². The smallest absolute Gasteiger partial charge is 0.00482 e. The van der Waals surface area contributed by atoms with E-state index in [0.717, 1.165) is 59.6 Å². The van der Waals surface area contributed by atoms with E-state index in [1.807, 2.05) is 6.42 Å². The Bertz CT molecular complexity index is 1470. The maximum Gasteiger partial charge on any atom is -0.00482 e. The van der Waals surface area contributed by atoms with Gasteiger partial charge in [-0.25, -0.2) is 0 Å². The van der Waals surface area contributed by atoms with E-state index in [-0.39, 0.29) is 0 Å². The Hall–Kier alpha value is 0. The first kappa shape index (κ1) is 9.65. The summed E-state index contributed by atoms with van der Waals surface area (Å²) in [5.74, 6) is 19.2. The molecule has 25 atom stereocenters. The fraction of sp³-hybridized carbons (Fsp3) is 1.00. The highest BCUT2D eigenvalue weighted by atomic mass is 15.5. The van der Waals surface area contributed by atoms with Gasteiger partial charge in [0.05, 0.1) is 0 Å². The van der Waals surface area contributed by atoms with Crippen LogP contribution in [0.25, 0.3) is 0 Å². The molecule has 19 aliphatic rings. The highest BCUT2D eigenvalue weighted by Gasteiger charge is 3.50.